The van der Waals surface area contributed by atoms with Crippen molar-refractivity contribution in [1.29, 1.82) is 0 Å². The molecule has 0 aromatic carbocycles. The predicted molar refractivity (Wildman–Crippen MR) is 67.9 cm³/mol. The summed E-state index contributed by atoms with van der Waals surface area (Å²) in [5, 5.41) is 2.43. The summed E-state index contributed by atoms with van der Waals surface area (Å²) in [4.78, 5) is 11.8. The van der Waals surface area contributed by atoms with Crippen LogP contribution in [-0.2, 0) is 4.79 Å². The molecule has 0 amide bonds. The number of ketones is 1. The molecule has 0 saturated carbocycles. The van der Waals surface area contributed by atoms with E-state index in [0.29, 0.717) is 0 Å². The summed E-state index contributed by atoms with van der Waals surface area (Å²) < 4.78 is 0. The maximum Gasteiger partial charge on any atom is 0.177 e. The molecule has 1 aliphatic rings. The quantitative estimate of drug-likeness (QED) is 0.659. The molecule has 0 N–H and O–H groups in total. The first-order valence-electron chi connectivity index (χ1n) is 5.11. The molecule has 0 fully saturated rings. The lowest BCUT2D eigenvalue weighted by Crippen LogP contribution is -2.27. The van der Waals surface area contributed by atoms with E-state index in [1.165, 1.54) is 5.20 Å². The van der Waals surface area contributed by atoms with Crippen molar-refractivity contribution in [2.45, 2.75) is 39.3 Å². The first kappa shape index (κ1) is 11.7. The van der Waals surface area contributed by atoms with Gasteiger partial charge in [-0.2, -0.15) is 0 Å². The van der Waals surface area contributed by atoms with Crippen molar-refractivity contribution >= 4 is 21.9 Å². The normalized spacial score (nSPS) is 18.3. The molecule has 0 bridgehead atoms. The van der Waals surface area contributed by atoms with Crippen LogP contribution in [0.25, 0.3) is 0 Å². The molecule has 0 aromatic heterocycles. The van der Waals surface area contributed by atoms with Gasteiger partial charge in [-0.05, 0) is 11.3 Å². The van der Waals surface area contributed by atoms with E-state index in [2.05, 4.69) is 45.4 Å². The molecule has 78 valence electrons. The molecule has 14 heavy (non-hydrogen) atoms. The predicted octanol–water partition coefficient (Wildman–Crippen LogP) is 3.18. The third-order valence-corrected chi connectivity index (χ3v) is 6.55. The van der Waals surface area contributed by atoms with Crippen molar-refractivity contribution in [2.24, 2.45) is 0 Å². The average molecular weight is 224 g/mol. The molecule has 0 saturated heterocycles. The summed E-state index contributed by atoms with van der Waals surface area (Å²) in [5.41, 5.74) is 0. The molecule has 0 spiro atoms. The van der Waals surface area contributed by atoms with E-state index in [-0.39, 0.29) is 5.78 Å². The third kappa shape index (κ3) is 2.33. The fourth-order valence-electron chi connectivity index (χ4n) is 1.51. The van der Waals surface area contributed by atoms with Crippen LogP contribution in [0.3, 0.4) is 0 Å². The van der Waals surface area contributed by atoms with Gasteiger partial charge in [0, 0.05) is 0 Å². The molecule has 0 aliphatic heterocycles. The molecule has 0 radical (unpaired) electrons. The van der Waals surface area contributed by atoms with E-state index in [9.17, 15) is 4.79 Å². The van der Waals surface area contributed by atoms with E-state index in [0.717, 1.165) is 5.20 Å². The fourth-order valence-corrected chi connectivity index (χ4v) is 4.19. The van der Waals surface area contributed by atoms with Gasteiger partial charge in [-0.1, -0.05) is 50.6 Å². The van der Waals surface area contributed by atoms with Crippen molar-refractivity contribution in [3.63, 3.8) is 0 Å². The van der Waals surface area contributed by atoms with Crippen molar-refractivity contribution < 1.29 is 4.79 Å². The third-order valence-electron chi connectivity index (χ3n) is 2.53. The molecule has 0 atom stereocenters. The summed E-state index contributed by atoms with van der Waals surface area (Å²) in [7, 11) is -2.73. The maximum absolute atomic E-state index is 11.8. The highest BCUT2D eigenvalue weighted by Gasteiger charge is 2.31. The molecule has 0 heterocycles. The standard InChI is InChI=1S/C11H20OSi2/c1-13(2,3)9-7-10(12)11(8-9)14(4,5)6/h7-8H,1-6H3. The van der Waals surface area contributed by atoms with Gasteiger partial charge in [0.1, 0.15) is 0 Å². The zero-order valence-electron chi connectivity index (χ0n) is 10.1. The lowest BCUT2D eigenvalue weighted by molar-refractivity contribution is -0.110. The highest BCUT2D eigenvalue weighted by atomic mass is 28.3. The summed E-state index contributed by atoms with van der Waals surface area (Å²) >= 11 is 0. The summed E-state index contributed by atoms with van der Waals surface area (Å²) in [6, 6.07) is 0. The smallest absolute Gasteiger partial charge is 0.177 e. The average Bonchev–Trinajstić information content (AvgIpc) is 2.27. The summed E-state index contributed by atoms with van der Waals surface area (Å²) in [6.07, 6.45) is 4.06. The van der Waals surface area contributed by atoms with Gasteiger partial charge in [0.25, 0.3) is 0 Å². The van der Waals surface area contributed by atoms with Crippen molar-refractivity contribution in [1.82, 2.24) is 0 Å². The number of allylic oxidation sites excluding steroid dienone is 4. The largest absolute Gasteiger partial charge is 0.290 e. The van der Waals surface area contributed by atoms with Crippen LogP contribution in [0.5, 0.6) is 0 Å². The van der Waals surface area contributed by atoms with Gasteiger partial charge in [0.2, 0.25) is 0 Å². The van der Waals surface area contributed by atoms with Crippen molar-refractivity contribution in [3.8, 4) is 0 Å². The Morgan fingerprint density at radius 2 is 1.36 bits per heavy atom. The van der Waals surface area contributed by atoms with Crippen molar-refractivity contribution in [2.75, 3.05) is 0 Å². The van der Waals surface area contributed by atoms with Gasteiger partial charge in [0.05, 0.1) is 16.1 Å². The summed E-state index contributed by atoms with van der Waals surface area (Å²) in [6.45, 7) is 13.6. The van der Waals surface area contributed by atoms with Crippen LogP contribution in [0.1, 0.15) is 0 Å². The molecule has 1 rings (SSSR count). The van der Waals surface area contributed by atoms with Crippen LogP contribution in [0.4, 0.5) is 0 Å². The SMILES string of the molecule is C[Si](C)(C)C1=CC(=O)C([Si](C)(C)C)=C1. The molecular weight excluding hydrogens is 204 g/mol. The first-order chi connectivity index (χ1) is 6.12. The molecule has 0 unspecified atom stereocenters. The Hall–Kier alpha value is -0.416. The topological polar surface area (TPSA) is 17.1 Å². The highest BCUT2D eigenvalue weighted by molar-refractivity contribution is 6.90. The Morgan fingerprint density at radius 1 is 0.857 bits per heavy atom. The Morgan fingerprint density at radius 3 is 1.57 bits per heavy atom. The van der Waals surface area contributed by atoms with E-state index >= 15 is 0 Å². The number of rotatable bonds is 2. The first-order valence-corrected chi connectivity index (χ1v) is 12.1. The lowest BCUT2D eigenvalue weighted by Gasteiger charge is -2.17. The van der Waals surface area contributed by atoms with Crippen LogP contribution in [0.15, 0.2) is 22.5 Å². The van der Waals surface area contributed by atoms with Gasteiger partial charge < -0.3 is 0 Å². The number of carbonyl (C=O) groups excluding carboxylic acids is 1. The van der Waals surface area contributed by atoms with Gasteiger partial charge in [-0.15, -0.1) is 0 Å². The van der Waals surface area contributed by atoms with Crippen LogP contribution in [-0.4, -0.2) is 21.9 Å². The minimum atomic E-state index is -1.43. The molecule has 3 heteroatoms. The minimum Gasteiger partial charge on any atom is -0.290 e. The Balaban J connectivity index is 3.06. The summed E-state index contributed by atoms with van der Waals surface area (Å²) in [5.74, 6) is 0.279. The Bertz CT molecular complexity index is 309. The number of hydrogen-bond donors (Lipinski definition) is 0. The van der Waals surface area contributed by atoms with Crippen LogP contribution in [0.2, 0.25) is 39.3 Å². The highest BCUT2D eigenvalue weighted by Crippen LogP contribution is 2.28. The Labute approximate surface area is 88.9 Å². The van der Waals surface area contributed by atoms with Gasteiger partial charge in [0.15, 0.2) is 5.78 Å². The van der Waals surface area contributed by atoms with Crippen LogP contribution in [0, 0.1) is 0 Å². The number of hydrogen-bond acceptors (Lipinski definition) is 1. The monoisotopic (exact) mass is 224 g/mol. The van der Waals surface area contributed by atoms with Crippen molar-refractivity contribution in [3.05, 3.63) is 22.5 Å². The van der Waals surface area contributed by atoms with Gasteiger partial charge in [-0.25, -0.2) is 0 Å². The second kappa shape index (κ2) is 3.31. The van der Waals surface area contributed by atoms with E-state index in [1.54, 1.807) is 0 Å². The minimum absolute atomic E-state index is 0.279. The maximum atomic E-state index is 11.8. The Kier molecular flexibility index (Phi) is 2.76. The van der Waals surface area contributed by atoms with Gasteiger partial charge in [-0.3, -0.25) is 4.79 Å². The fraction of sp³-hybridized carbons (Fsp3) is 0.545. The molecule has 1 nitrogen and oxygen atoms in total. The zero-order chi connectivity index (χ0) is 11.1. The van der Waals surface area contributed by atoms with Gasteiger partial charge >= 0.3 is 0 Å². The van der Waals surface area contributed by atoms with Crippen LogP contribution < -0.4 is 0 Å². The van der Waals surface area contributed by atoms with E-state index in [1.807, 2.05) is 6.08 Å². The van der Waals surface area contributed by atoms with E-state index < -0.39 is 16.1 Å². The lowest BCUT2D eigenvalue weighted by atomic mass is 10.4. The number of carbonyl (C=O) groups is 1. The molecular formula is C11H20OSi2. The second-order valence-electron chi connectivity index (χ2n) is 6.02. The molecule has 0 aromatic rings. The van der Waals surface area contributed by atoms with Crippen LogP contribution >= 0.6 is 0 Å². The van der Waals surface area contributed by atoms with E-state index in [4.69, 9.17) is 0 Å². The zero-order valence-corrected chi connectivity index (χ0v) is 12.1. The molecule has 1 aliphatic carbocycles. The second-order valence-corrected chi connectivity index (χ2v) is 16.1.